The molecule has 2 aromatic carbocycles. The number of amides is 1. The van der Waals surface area contributed by atoms with Gasteiger partial charge in [0.15, 0.2) is 5.17 Å². The Bertz CT molecular complexity index is 1410. The Morgan fingerprint density at radius 3 is 2.48 bits per heavy atom. The van der Waals surface area contributed by atoms with Crippen LogP contribution in [-0.2, 0) is 4.79 Å². The van der Waals surface area contributed by atoms with Gasteiger partial charge in [-0.3, -0.25) is 15.1 Å². The van der Waals surface area contributed by atoms with Crippen LogP contribution in [-0.4, -0.2) is 26.4 Å². The number of fused-ring (bicyclic) bond motifs is 1. The number of aliphatic imine (C=N–C) groups is 1. The van der Waals surface area contributed by atoms with Crippen LogP contribution in [0.3, 0.4) is 0 Å². The van der Waals surface area contributed by atoms with Gasteiger partial charge < -0.3 is 4.57 Å². The number of aryl methyl sites for hydroxylation is 3. The minimum absolute atomic E-state index is 0.154. The summed E-state index contributed by atoms with van der Waals surface area (Å²) in [7, 11) is 0. The van der Waals surface area contributed by atoms with E-state index >= 15 is 0 Å². The van der Waals surface area contributed by atoms with E-state index in [4.69, 9.17) is 5.41 Å². The first-order valence-electron chi connectivity index (χ1n) is 10.8. The molecular weight excluding hydrogens is 428 g/mol. The number of aromatic nitrogens is 1. The van der Waals surface area contributed by atoms with Crippen molar-refractivity contribution in [2.75, 3.05) is 0 Å². The molecule has 5 nitrogen and oxygen atoms in total. The first-order valence-corrected chi connectivity index (χ1v) is 11.7. The van der Waals surface area contributed by atoms with Crippen LogP contribution in [0.15, 0.2) is 70.6 Å². The Hall–Kier alpha value is -3.64. The van der Waals surface area contributed by atoms with Crippen molar-refractivity contribution in [3.63, 3.8) is 0 Å². The highest BCUT2D eigenvalue weighted by molar-refractivity contribution is 8.17. The quantitative estimate of drug-likeness (QED) is 0.495. The maximum absolute atomic E-state index is 12.9. The van der Waals surface area contributed by atoms with E-state index in [1.165, 1.54) is 22.9 Å². The fourth-order valence-electron chi connectivity index (χ4n) is 4.43. The van der Waals surface area contributed by atoms with Crippen molar-refractivity contribution in [3.05, 3.63) is 99.2 Å². The summed E-state index contributed by atoms with van der Waals surface area (Å²) in [5, 5.41) is 11.4. The molecule has 2 aliphatic rings. The molecule has 3 heterocycles. The Morgan fingerprint density at radius 2 is 1.76 bits per heavy atom. The summed E-state index contributed by atoms with van der Waals surface area (Å²) in [4.78, 5) is 18.9. The van der Waals surface area contributed by atoms with Gasteiger partial charge in [0.1, 0.15) is 5.84 Å². The van der Waals surface area contributed by atoms with Crippen molar-refractivity contribution < 1.29 is 4.79 Å². The van der Waals surface area contributed by atoms with Crippen molar-refractivity contribution >= 4 is 40.4 Å². The highest BCUT2D eigenvalue weighted by atomic mass is 32.2. The third-order valence-corrected chi connectivity index (χ3v) is 6.87. The van der Waals surface area contributed by atoms with Gasteiger partial charge in [0.25, 0.3) is 5.91 Å². The number of nitrogens with one attached hydrogen (secondary N) is 1. The van der Waals surface area contributed by atoms with E-state index in [1.54, 1.807) is 11.0 Å². The van der Waals surface area contributed by atoms with Crippen molar-refractivity contribution in [1.82, 2.24) is 9.47 Å². The summed E-state index contributed by atoms with van der Waals surface area (Å²) in [6.45, 7) is 8.31. The smallest absolute Gasteiger partial charge is 0.283 e. The summed E-state index contributed by atoms with van der Waals surface area (Å²) >= 11 is 1.38. The Kier molecular flexibility index (Phi) is 5.17. The second kappa shape index (κ2) is 8.05. The van der Waals surface area contributed by atoms with E-state index in [1.807, 2.05) is 42.7 Å². The average molecular weight is 453 g/mol. The second-order valence-electron chi connectivity index (χ2n) is 8.38. The summed E-state index contributed by atoms with van der Waals surface area (Å²) in [6, 6.07) is 18.4. The SMILES string of the molecule is Cc1ccc(-n2c(C)cc(C=C3C(=N)N4C(c5ccccc5)=CSC4=NC3=O)c2C)c(C)c1. The van der Waals surface area contributed by atoms with E-state index in [-0.39, 0.29) is 11.7 Å². The Labute approximate surface area is 197 Å². The van der Waals surface area contributed by atoms with Gasteiger partial charge in [-0.05, 0) is 62.6 Å². The minimum atomic E-state index is -0.377. The van der Waals surface area contributed by atoms with Crippen LogP contribution in [0.5, 0.6) is 0 Å². The van der Waals surface area contributed by atoms with Gasteiger partial charge in [-0.25, -0.2) is 0 Å². The Balaban J connectivity index is 1.56. The van der Waals surface area contributed by atoms with Gasteiger partial charge in [-0.1, -0.05) is 59.8 Å². The van der Waals surface area contributed by atoms with Gasteiger partial charge in [0, 0.05) is 22.5 Å². The van der Waals surface area contributed by atoms with Gasteiger partial charge >= 0.3 is 0 Å². The maximum Gasteiger partial charge on any atom is 0.283 e. The maximum atomic E-state index is 12.9. The molecule has 2 aliphatic heterocycles. The number of thioether (sulfide) groups is 1. The highest BCUT2D eigenvalue weighted by Crippen LogP contribution is 2.37. The lowest BCUT2D eigenvalue weighted by molar-refractivity contribution is -0.114. The molecule has 0 radical (unpaired) electrons. The van der Waals surface area contributed by atoms with Gasteiger partial charge in [-0.2, -0.15) is 4.99 Å². The molecule has 1 N–H and O–H groups in total. The lowest BCUT2D eigenvalue weighted by Gasteiger charge is -2.26. The fourth-order valence-corrected chi connectivity index (χ4v) is 5.32. The summed E-state index contributed by atoms with van der Waals surface area (Å²) in [6.07, 6.45) is 1.80. The zero-order chi connectivity index (χ0) is 23.3. The lowest BCUT2D eigenvalue weighted by Crippen LogP contribution is -2.38. The molecule has 0 atom stereocenters. The molecule has 6 heteroatoms. The molecule has 5 rings (SSSR count). The molecule has 33 heavy (non-hydrogen) atoms. The zero-order valence-electron chi connectivity index (χ0n) is 19.0. The number of benzene rings is 2. The highest BCUT2D eigenvalue weighted by Gasteiger charge is 2.36. The third-order valence-electron chi connectivity index (χ3n) is 6.05. The van der Waals surface area contributed by atoms with Crippen LogP contribution >= 0.6 is 11.8 Å². The average Bonchev–Trinajstić information content (AvgIpc) is 3.33. The molecular formula is C27H24N4OS. The molecule has 0 spiro atoms. The van der Waals surface area contributed by atoms with Crippen LogP contribution in [0, 0.1) is 33.1 Å². The number of nitrogens with zero attached hydrogens (tertiary/aromatic N) is 3. The molecule has 0 aliphatic carbocycles. The molecule has 0 bridgehead atoms. The first-order chi connectivity index (χ1) is 15.8. The molecule has 0 saturated heterocycles. The molecule has 3 aromatic rings. The van der Waals surface area contributed by atoms with Crippen molar-refractivity contribution in [1.29, 1.82) is 5.41 Å². The van der Waals surface area contributed by atoms with Gasteiger partial charge in [-0.15, -0.1) is 0 Å². The van der Waals surface area contributed by atoms with Crippen molar-refractivity contribution in [2.45, 2.75) is 27.7 Å². The van der Waals surface area contributed by atoms with Gasteiger partial charge in [0.05, 0.1) is 11.3 Å². The van der Waals surface area contributed by atoms with Gasteiger partial charge in [0.2, 0.25) is 0 Å². The van der Waals surface area contributed by atoms with E-state index in [0.717, 1.165) is 33.9 Å². The third kappa shape index (κ3) is 3.56. The van der Waals surface area contributed by atoms with Crippen LogP contribution in [0.25, 0.3) is 17.5 Å². The van der Waals surface area contributed by atoms with E-state index in [9.17, 15) is 4.79 Å². The molecule has 0 saturated carbocycles. The molecule has 164 valence electrons. The molecule has 0 fully saturated rings. The van der Waals surface area contributed by atoms with Crippen molar-refractivity contribution in [2.24, 2.45) is 4.99 Å². The van der Waals surface area contributed by atoms with E-state index < -0.39 is 0 Å². The predicted molar refractivity (Wildman–Crippen MR) is 137 cm³/mol. The predicted octanol–water partition coefficient (Wildman–Crippen LogP) is 6.02. The van der Waals surface area contributed by atoms with E-state index in [2.05, 4.69) is 54.6 Å². The van der Waals surface area contributed by atoms with Crippen LogP contribution in [0.4, 0.5) is 0 Å². The fraction of sp³-hybridized carbons (Fsp3) is 0.148. The monoisotopic (exact) mass is 452 g/mol. The van der Waals surface area contributed by atoms with Crippen molar-refractivity contribution in [3.8, 4) is 5.69 Å². The number of rotatable bonds is 3. The standard InChI is InChI=1S/C27H24N4OS/c1-16-10-11-23(17(2)12-16)30-18(3)13-21(19(30)4)14-22-25(28)31-24(20-8-6-5-7-9-20)15-33-27(31)29-26(22)32/h5-15,28H,1-4H3. The number of carbonyl (C=O) groups is 1. The largest absolute Gasteiger partial charge is 0.318 e. The second-order valence-corrected chi connectivity index (χ2v) is 9.22. The first kappa shape index (κ1) is 21.2. The van der Waals surface area contributed by atoms with Crippen LogP contribution in [0.2, 0.25) is 0 Å². The lowest BCUT2D eigenvalue weighted by atomic mass is 10.1. The van der Waals surface area contributed by atoms with E-state index in [0.29, 0.717) is 10.7 Å². The zero-order valence-corrected chi connectivity index (χ0v) is 19.8. The Morgan fingerprint density at radius 1 is 1.00 bits per heavy atom. The van der Waals surface area contributed by atoms with Crippen LogP contribution in [0.1, 0.15) is 33.6 Å². The summed E-state index contributed by atoms with van der Waals surface area (Å²) in [5.74, 6) is -0.223. The normalized spacial score (nSPS) is 16.8. The molecule has 0 unspecified atom stereocenters. The topological polar surface area (TPSA) is 61.5 Å². The minimum Gasteiger partial charge on any atom is -0.318 e. The summed E-state index contributed by atoms with van der Waals surface area (Å²) in [5.41, 5.74) is 8.70. The summed E-state index contributed by atoms with van der Waals surface area (Å²) < 4.78 is 2.20. The molecule has 1 aromatic heterocycles. The number of amidine groups is 2. The number of carbonyl (C=O) groups excluding carboxylic acids is 1. The molecule has 1 amide bonds. The number of hydrogen-bond donors (Lipinski definition) is 1. The number of hydrogen-bond acceptors (Lipinski definition) is 3. The van der Waals surface area contributed by atoms with Crippen LogP contribution < -0.4 is 0 Å².